The molecule has 3 rings (SSSR count). The number of nitrogens with zero attached hydrogens (tertiary/aromatic N) is 2. The second-order valence-corrected chi connectivity index (χ2v) is 6.85. The summed E-state index contributed by atoms with van der Waals surface area (Å²) in [6, 6.07) is 12.1. The van der Waals surface area contributed by atoms with E-state index in [-0.39, 0.29) is 5.54 Å². The lowest BCUT2D eigenvalue weighted by Crippen LogP contribution is -2.27. The van der Waals surface area contributed by atoms with Gasteiger partial charge in [-0.1, -0.05) is 6.07 Å². The Bertz CT molecular complexity index is 826. The molecule has 0 aliphatic carbocycles. The highest BCUT2D eigenvalue weighted by Gasteiger charge is 2.19. The zero-order valence-electron chi connectivity index (χ0n) is 14.3. The minimum atomic E-state index is -0.0546. The van der Waals surface area contributed by atoms with Crippen LogP contribution in [0.4, 0.5) is 5.82 Å². The van der Waals surface area contributed by atoms with Crippen molar-refractivity contribution in [3.8, 4) is 17.0 Å². The molecule has 0 fully saturated rings. The number of aromatic nitrogens is 2. The van der Waals surface area contributed by atoms with Crippen molar-refractivity contribution in [2.24, 2.45) is 0 Å². The van der Waals surface area contributed by atoms with E-state index in [0.717, 1.165) is 28.5 Å². The van der Waals surface area contributed by atoms with Crippen molar-refractivity contribution in [1.82, 2.24) is 9.38 Å². The molecule has 0 amide bonds. The fraction of sp³-hybridized carbons (Fsp3) is 0.316. The van der Waals surface area contributed by atoms with E-state index in [1.54, 1.807) is 7.11 Å². The first-order valence-electron chi connectivity index (χ1n) is 7.79. The third kappa shape index (κ3) is 3.16. The highest BCUT2D eigenvalue weighted by molar-refractivity contribution is 5.77. The average Bonchev–Trinajstić information content (AvgIpc) is 2.84. The number of hydrogen-bond acceptors (Lipinski definition) is 3. The predicted octanol–water partition coefficient (Wildman–Crippen LogP) is 4.53. The summed E-state index contributed by atoms with van der Waals surface area (Å²) < 4.78 is 7.37. The molecule has 0 unspecified atom stereocenters. The summed E-state index contributed by atoms with van der Waals surface area (Å²) in [5, 5.41) is 3.60. The molecule has 0 bridgehead atoms. The van der Waals surface area contributed by atoms with Gasteiger partial charge in [0.15, 0.2) is 0 Å². The first-order valence-corrected chi connectivity index (χ1v) is 7.79. The SMILES string of the molecule is COc1ccc(-c2nc3ccc(C)cn3c2NC(C)(C)C)cc1. The third-order valence-electron chi connectivity index (χ3n) is 3.62. The van der Waals surface area contributed by atoms with Crippen LogP contribution in [0.2, 0.25) is 0 Å². The van der Waals surface area contributed by atoms with Gasteiger partial charge in [-0.25, -0.2) is 4.98 Å². The van der Waals surface area contributed by atoms with Gasteiger partial charge >= 0.3 is 0 Å². The Morgan fingerprint density at radius 1 is 1.04 bits per heavy atom. The second kappa shape index (κ2) is 5.61. The van der Waals surface area contributed by atoms with Crippen LogP contribution in [0, 0.1) is 6.92 Å². The van der Waals surface area contributed by atoms with Gasteiger partial charge in [0.2, 0.25) is 0 Å². The van der Waals surface area contributed by atoms with Crippen LogP contribution >= 0.6 is 0 Å². The third-order valence-corrected chi connectivity index (χ3v) is 3.62. The molecule has 0 atom stereocenters. The minimum Gasteiger partial charge on any atom is -0.497 e. The number of pyridine rings is 1. The Hall–Kier alpha value is -2.49. The summed E-state index contributed by atoms with van der Waals surface area (Å²) in [4.78, 5) is 4.82. The van der Waals surface area contributed by atoms with Crippen molar-refractivity contribution < 1.29 is 4.74 Å². The highest BCUT2D eigenvalue weighted by Crippen LogP contribution is 2.32. The van der Waals surface area contributed by atoms with Gasteiger partial charge in [-0.3, -0.25) is 4.40 Å². The molecule has 0 radical (unpaired) electrons. The van der Waals surface area contributed by atoms with E-state index in [9.17, 15) is 0 Å². The zero-order chi connectivity index (χ0) is 16.6. The molecule has 0 saturated carbocycles. The lowest BCUT2D eigenvalue weighted by molar-refractivity contribution is 0.415. The fourth-order valence-electron chi connectivity index (χ4n) is 2.58. The maximum Gasteiger partial charge on any atom is 0.139 e. The molecule has 23 heavy (non-hydrogen) atoms. The molecule has 0 saturated heterocycles. The van der Waals surface area contributed by atoms with Gasteiger partial charge in [-0.05, 0) is 63.6 Å². The molecule has 1 aromatic carbocycles. The number of hydrogen-bond donors (Lipinski definition) is 1. The first kappa shape index (κ1) is 15.4. The van der Waals surface area contributed by atoms with E-state index in [2.05, 4.69) is 55.7 Å². The van der Waals surface area contributed by atoms with E-state index in [0.29, 0.717) is 0 Å². The van der Waals surface area contributed by atoms with Gasteiger partial charge < -0.3 is 10.1 Å². The number of rotatable bonds is 3. The van der Waals surface area contributed by atoms with E-state index < -0.39 is 0 Å². The predicted molar refractivity (Wildman–Crippen MR) is 95.3 cm³/mol. The van der Waals surface area contributed by atoms with Crippen LogP contribution in [-0.4, -0.2) is 22.0 Å². The average molecular weight is 309 g/mol. The Balaban J connectivity index is 2.19. The van der Waals surface area contributed by atoms with Gasteiger partial charge in [0, 0.05) is 17.3 Å². The van der Waals surface area contributed by atoms with Crippen LogP contribution in [0.1, 0.15) is 26.3 Å². The molecule has 120 valence electrons. The second-order valence-electron chi connectivity index (χ2n) is 6.85. The molecule has 4 nitrogen and oxygen atoms in total. The minimum absolute atomic E-state index is 0.0546. The number of nitrogens with one attached hydrogen (secondary N) is 1. The summed E-state index contributed by atoms with van der Waals surface area (Å²) in [6.07, 6.45) is 2.11. The van der Waals surface area contributed by atoms with Crippen LogP contribution in [0.3, 0.4) is 0 Å². The standard InChI is InChI=1S/C19H23N3O/c1-13-6-11-16-20-17(14-7-9-15(23-5)10-8-14)18(22(16)12-13)21-19(2,3)4/h6-12,21H,1-5H3. The van der Waals surface area contributed by atoms with Crippen molar-refractivity contribution in [1.29, 1.82) is 0 Å². The number of ether oxygens (including phenoxy) is 1. The highest BCUT2D eigenvalue weighted by atomic mass is 16.5. The smallest absolute Gasteiger partial charge is 0.139 e. The number of anilines is 1. The molecule has 1 N–H and O–H groups in total. The largest absolute Gasteiger partial charge is 0.497 e. The summed E-state index contributed by atoms with van der Waals surface area (Å²) in [5.41, 5.74) is 4.11. The number of methoxy groups -OCH3 is 1. The van der Waals surface area contributed by atoms with Crippen molar-refractivity contribution in [3.63, 3.8) is 0 Å². The van der Waals surface area contributed by atoms with Gasteiger partial charge in [0.1, 0.15) is 22.9 Å². The van der Waals surface area contributed by atoms with E-state index in [1.165, 1.54) is 5.56 Å². The molecule has 0 aliphatic heterocycles. The first-order chi connectivity index (χ1) is 10.9. The quantitative estimate of drug-likeness (QED) is 0.772. The Kier molecular flexibility index (Phi) is 3.76. The number of benzene rings is 1. The molecule has 3 aromatic rings. The molecular formula is C19H23N3O. The van der Waals surface area contributed by atoms with E-state index in [4.69, 9.17) is 9.72 Å². The Labute approximate surface area is 137 Å². The molecule has 4 heteroatoms. The van der Waals surface area contributed by atoms with Crippen LogP contribution in [0.25, 0.3) is 16.9 Å². The van der Waals surface area contributed by atoms with E-state index in [1.807, 2.05) is 24.3 Å². The summed E-state index contributed by atoms with van der Waals surface area (Å²) in [7, 11) is 1.68. The summed E-state index contributed by atoms with van der Waals surface area (Å²) in [6.45, 7) is 8.55. The number of fused-ring (bicyclic) bond motifs is 1. The summed E-state index contributed by atoms with van der Waals surface area (Å²) in [5.74, 6) is 1.86. The van der Waals surface area contributed by atoms with Crippen LogP contribution in [0.15, 0.2) is 42.6 Å². The van der Waals surface area contributed by atoms with Crippen LogP contribution in [-0.2, 0) is 0 Å². The van der Waals surface area contributed by atoms with Crippen LogP contribution in [0.5, 0.6) is 5.75 Å². The summed E-state index contributed by atoms with van der Waals surface area (Å²) >= 11 is 0. The van der Waals surface area contributed by atoms with Crippen molar-refractivity contribution >= 4 is 11.5 Å². The van der Waals surface area contributed by atoms with Crippen molar-refractivity contribution in [3.05, 3.63) is 48.2 Å². The lowest BCUT2D eigenvalue weighted by atomic mass is 10.1. The van der Waals surface area contributed by atoms with Crippen molar-refractivity contribution in [2.75, 3.05) is 12.4 Å². The van der Waals surface area contributed by atoms with Gasteiger partial charge in [-0.2, -0.15) is 0 Å². The number of aryl methyl sites for hydroxylation is 1. The number of imidazole rings is 1. The molecule has 2 aromatic heterocycles. The lowest BCUT2D eigenvalue weighted by Gasteiger charge is -2.22. The topological polar surface area (TPSA) is 38.6 Å². The maximum absolute atomic E-state index is 5.25. The molecule has 0 spiro atoms. The van der Waals surface area contributed by atoms with Crippen molar-refractivity contribution in [2.45, 2.75) is 33.2 Å². The van der Waals surface area contributed by atoms with Gasteiger partial charge in [0.25, 0.3) is 0 Å². The molecule has 0 aliphatic rings. The van der Waals surface area contributed by atoms with Crippen LogP contribution < -0.4 is 10.1 Å². The fourth-order valence-corrected chi connectivity index (χ4v) is 2.58. The monoisotopic (exact) mass is 309 g/mol. The zero-order valence-corrected chi connectivity index (χ0v) is 14.3. The Morgan fingerprint density at radius 2 is 1.74 bits per heavy atom. The normalized spacial score (nSPS) is 11.7. The molecule has 2 heterocycles. The van der Waals surface area contributed by atoms with Gasteiger partial charge in [0.05, 0.1) is 7.11 Å². The Morgan fingerprint density at radius 3 is 2.35 bits per heavy atom. The van der Waals surface area contributed by atoms with E-state index >= 15 is 0 Å². The van der Waals surface area contributed by atoms with Gasteiger partial charge in [-0.15, -0.1) is 0 Å². The molecular weight excluding hydrogens is 286 g/mol. The maximum atomic E-state index is 5.25.